The average molecular weight is 352 g/mol. The van der Waals surface area contributed by atoms with Crippen molar-refractivity contribution in [3.63, 3.8) is 0 Å². The Morgan fingerprint density at radius 2 is 1.61 bits per heavy atom. The highest BCUT2D eigenvalue weighted by molar-refractivity contribution is 7.89. The Labute approximate surface area is 141 Å². The van der Waals surface area contributed by atoms with Gasteiger partial charge in [0, 0.05) is 21.7 Å². The van der Waals surface area contributed by atoms with Crippen molar-refractivity contribution >= 4 is 27.4 Å². The van der Waals surface area contributed by atoms with E-state index in [9.17, 15) is 13.2 Å². The lowest BCUT2D eigenvalue weighted by atomic mass is 10.0. The lowest BCUT2D eigenvalue weighted by Gasteiger charge is -2.20. The molecule has 1 N–H and O–H groups in total. The van der Waals surface area contributed by atoms with Gasteiger partial charge in [-0.25, -0.2) is 13.1 Å². The Morgan fingerprint density at radius 1 is 1.00 bits per heavy atom. The summed E-state index contributed by atoms with van der Waals surface area (Å²) < 4.78 is 27.0. The van der Waals surface area contributed by atoms with Crippen LogP contribution in [0.3, 0.4) is 0 Å². The molecule has 4 nitrogen and oxygen atoms in total. The summed E-state index contributed by atoms with van der Waals surface area (Å²) in [4.78, 5) is 12.5. The summed E-state index contributed by atoms with van der Waals surface area (Å²) in [5.74, 6) is -0.208. The first-order valence-electron chi connectivity index (χ1n) is 7.03. The molecule has 0 saturated heterocycles. The van der Waals surface area contributed by atoms with E-state index in [-0.39, 0.29) is 10.7 Å². The second-order valence-corrected chi connectivity index (χ2v) is 8.34. The van der Waals surface area contributed by atoms with Crippen molar-refractivity contribution in [2.75, 3.05) is 0 Å². The topological polar surface area (TPSA) is 63.2 Å². The van der Waals surface area contributed by atoms with E-state index < -0.39 is 15.6 Å². The number of halogens is 1. The van der Waals surface area contributed by atoms with Crippen molar-refractivity contribution in [3.05, 3.63) is 64.7 Å². The molecule has 6 heteroatoms. The minimum Gasteiger partial charge on any atom is -0.289 e. The number of ketones is 1. The molecule has 0 unspecified atom stereocenters. The van der Waals surface area contributed by atoms with E-state index in [1.165, 1.54) is 24.3 Å². The fourth-order valence-corrected chi connectivity index (χ4v) is 3.65. The zero-order valence-electron chi connectivity index (χ0n) is 13.1. The number of rotatable bonds is 4. The molecular formula is C17H18ClNO3S. The highest BCUT2D eigenvalue weighted by Crippen LogP contribution is 2.18. The fraction of sp³-hybridized carbons (Fsp3) is 0.235. The fourth-order valence-electron chi connectivity index (χ4n) is 2.04. The van der Waals surface area contributed by atoms with Gasteiger partial charge in [-0.05, 0) is 57.2 Å². The van der Waals surface area contributed by atoms with Gasteiger partial charge in [0.25, 0.3) is 0 Å². The first-order chi connectivity index (χ1) is 10.6. The predicted octanol–water partition coefficient (Wildman–Crippen LogP) is 3.65. The SMILES string of the molecule is CC(C)(C)NS(=O)(=O)c1ccc(C(=O)c2cccc(Cl)c2)cc1. The van der Waals surface area contributed by atoms with Crippen LogP contribution in [-0.4, -0.2) is 19.7 Å². The number of benzene rings is 2. The number of hydrogen-bond donors (Lipinski definition) is 1. The van der Waals surface area contributed by atoms with Gasteiger partial charge in [-0.1, -0.05) is 23.7 Å². The maximum Gasteiger partial charge on any atom is 0.241 e. The molecule has 0 atom stereocenters. The van der Waals surface area contributed by atoms with Crippen molar-refractivity contribution in [2.24, 2.45) is 0 Å². The molecule has 2 aromatic rings. The number of sulfonamides is 1. The molecule has 0 amide bonds. The molecule has 0 aliphatic heterocycles. The van der Waals surface area contributed by atoms with E-state index in [0.29, 0.717) is 16.1 Å². The normalized spacial score (nSPS) is 12.2. The summed E-state index contributed by atoms with van der Waals surface area (Å²) >= 11 is 5.88. The van der Waals surface area contributed by atoms with Gasteiger partial charge in [0.2, 0.25) is 10.0 Å². The van der Waals surface area contributed by atoms with Crippen LogP contribution in [0.25, 0.3) is 0 Å². The van der Waals surface area contributed by atoms with Crippen LogP contribution in [0.1, 0.15) is 36.7 Å². The molecule has 23 heavy (non-hydrogen) atoms. The van der Waals surface area contributed by atoms with Crippen molar-refractivity contribution in [1.29, 1.82) is 0 Å². The zero-order chi connectivity index (χ0) is 17.3. The van der Waals surface area contributed by atoms with Crippen LogP contribution < -0.4 is 4.72 Å². The molecule has 2 rings (SSSR count). The predicted molar refractivity (Wildman–Crippen MR) is 91.4 cm³/mol. The molecule has 0 fully saturated rings. The van der Waals surface area contributed by atoms with E-state index in [1.54, 1.807) is 45.0 Å². The van der Waals surface area contributed by atoms with Gasteiger partial charge in [0.05, 0.1) is 4.90 Å². The summed E-state index contributed by atoms with van der Waals surface area (Å²) in [7, 11) is -3.61. The Morgan fingerprint density at radius 3 is 2.13 bits per heavy atom. The van der Waals surface area contributed by atoms with Crippen molar-refractivity contribution in [2.45, 2.75) is 31.2 Å². The first kappa shape index (κ1) is 17.7. The largest absolute Gasteiger partial charge is 0.289 e. The van der Waals surface area contributed by atoms with Crippen LogP contribution in [-0.2, 0) is 10.0 Å². The molecule has 0 aromatic heterocycles. The lowest BCUT2D eigenvalue weighted by molar-refractivity contribution is 0.103. The van der Waals surface area contributed by atoms with Crippen LogP contribution in [0, 0.1) is 0 Å². The lowest BCUT2D eigenvalue weighted by Crippen LogP contribution is -2.40. The second kappa shape index (κ2) is 6.43. The molecular weight excluding hydrogens is 334 g/mol. The quantitative estimate of drug-likeness (QED) is 0.855. The number of nitrogens with one attached hydrogen (secondary N) is 1. The summed E-state index contributed by atoms with van der Waals surface area (Å²) in [6.45, 7) is 5.30. The highest BCUT2D eigenvalue weighted by Gasteiger charge is 2.22. The van der Waals surface area contributed by atoms with Crippen molar-refractivity contribution < 1.29 is 13.2 Å². The third-order valence-corrected chi connectivity index (χ3v) is 4.96. The minimum atomic E-state index is -3.61. The third-order valence-electron chi connectivity index (χ3n) is 2.95. The molecule has 0 aliphatic carbocycles. The highest BCUT2D eigenvalue weighted by atomic mass is 35.5. The van der Waals surface area contributed by atoms with Crippen LogP contribution in [0.15, 0.2) is 53.4 Å². The smallest absolute Gasteiger partial charge is 0.241 e. The Hall–Kier alpha value is -1.69. The van der Waals surface area contributed by atoms with Gasteiger partial charge in [-0.2, -0.15) is 0 Å². The summed E-state index contributed by atoms with van der Waals surface area (Å²) in [6, 6.07) is 12.5. The molecule has 0 radical (unpaired) electrons. The van der Waals surface area contributed by atoms with E-state index in [4.69, 9.17) is 11.6 Å². The second-order valence-electron chi connectivity index (χ2n) is 6.22. The maximum atomic E-state index is 12.4. The Kier molecular flexibility index (Phi) is 4.94. The maximum absolute atomic E-state index is 12.4. The van der Waals surface area contributed by atoms with E-state index in [2.05, 4.69) is 4.72 Å². The first-order valence-corrected chi connectivity index (χ1v) is 8.89. The monoisotopic (exact) mass is 351 g/mol. The van der Waals surface area contributed by atoms with E-state index in [1.807, 2.05) is 0 Å². The Balaban J connectivity index is 2.28. The number of carbonyl (C=O) groups is 1. The van der Waals surface area contributed by atoms with Crippen LogP contribution in [0.4, 0.5) is 0 Å². The molecule has 0 aliphatic rings. The van der Waals surface area contributed by atoms with E-state index in [0.717, 1.165) is 0 Å². The van der Waals surface area contributed by atoms with Gasteiger partial charge < -0.3 is 0 Å². The van der Waals surface area contributed by atoms with Crippen molar-refractivity contribution in [3.8, 4) is 0 Å². The summed E-state index contributed by atoms with van der Waals surface area (Å²) in [5.41, 5.74) is 0.289. The van der Waals surface area contributed by atoms with Gasteiger partial charge in [0.15, 0.2) is 5.78 Å². The van der Waals surface area contributed by atoms with E-state index >= 15 is 0 Å². The minimum absolute atomic E-state index is 0.120. The molecule has 0 saturated carbocycles. The van der Waals surface area contributed by atoms with Crippen LogP contribution in [0.2, 0.25) is 5.02 Å². The number of hydrogen-bond acceptors (Lipinski definition) is 3. The van der Waals surface area contributed by atoms with Crippen LogP contribution >= 0.6 is 11.6 Å². The van der Waals surface area contributed by atoms with Crippen LogP contribution in [0.5, 0.6) is 0 Å². The standard InChI is InChI=1S/C17H18ClNO3S/c1-17(2,3)19-23(21,22)15-9-7-12(8-10-15)16(20)13-5-4-6-14(18)11-13/h4-11,19H,1-3H3. The molecule has 2 aromatic carbocycles. The zero-order valence-corrected chi connectivity index (χ0v) is 14.7. The van der Waals surface area contributed by atoms with Gasteiger partial charge in [-0.15, -0.1) is 0 Å². The summed E-state index contributed by atoms with van der Waals surface area (Å²) in [5, 5.41) is 0.476. The van der Waals surface area contributed by atoms with Crippen molar-refractivity contribution in [1.82, 2.24) is 4.72 Å². The number of carbonyl (C=O) groups excluding carboxylic acids is 1. The average Bonchev–Trinajstić information content (AvgIpc) is 2.44. The van der Waals surface area contributed by atoms with Gasteiger partial charge in [-0.3, -0.25) is 4.79 Å². The van der Waals surface area contributed by atoms with Gasteiger partial charge in [0.1, 0.15) is 0 Å². The molecule has 0 heterocycles. The van der Waals surface area contributed by atoms with Gasteiger partial charge >= 0.3 is 0 Å². The third kappa shape index (κ3) is 4.64. The summed E-state index contributed by atoms with van der Waals surface area (Å²) in [6.07, 6.45) is 0. The molecule has 0 bridgehead atoms. The molecule has 0 spiro atoms. The Bertz CT molecular complexity index is 822. The molecule has 122 valence electrons.